The highest BCUT2D eigenvalue weighted by atomic mass is 32.1. The molecule has 2 amide bonds. The van der Waals surface area contributed by atoms with E-state index in [9.17, 15) is 9.59 Å². The number of ether oxygens (including phenoxy) is 1. The van der Waals surface area contributed by atoms with Crippen LogP contribution >= 0.6 is 22.9 Å². The quantitative estimate of drug-likeness (QED) is 0.589. The molecule has 0 unspecified atom stereocenters. The molecule has 3 heterocycles. The van der Waals surface area contributed by atoms with E-state index >= 15 is 0 Å². The minimum atomic E-state index is -0.382. The summed E-state index contributed by atoms with van der Waals surface area (Å²) in [6, 6.07) is 7.44. The van der Waals surface area contributed by atoms with Crippen molar-refractivity contribution in [2.75, 3.05) is 25.0 Å². The van der Waals surface area contributed by atoms with Crippen LogP contribution in [0.5, 0.6) is 0 Å². The molecule has 0 saturated carbocycles. The van der Waals surface area contributed by atoms with Gasteiger partial charge in [-0.1, -0.05) is 22.5 Å². The van der Waals surface area contributed by atoms with Gasteiger partial charge in [-0.25, -0.2) is 9.78 Å². The highest BCUT2D eigenvalue weighted by Crippen LogP contribution is 2.31. The Bertz CT molecular complexity index is 1080. The van der Waals surface area contributed by atoms with E-state index in [0.717, 1.165) is 29.1 Å². The third-order valence-electron chi connectivity index (χ3n) is 4.93. The lowest BCUT2D eigenvalue weighted by atomic mass is 9.98. The van der Waals surface area contributed by atoms with Crippen LogP contribution in [0.3, 0.4) is 0 Å². The van der Waals surface area contributed by atoms with Crippen molar-refractivity contribution >= 4 is 40.6 Å². The number of aromatic nitrogens is 3. The number of rotatable bonds is 5. The van der Waals surface area contributed by atoms with E-state index in [1.807, 2.05) is 29.6 Å². The molecule has 0 spiro atoms. The van der Waals surface area contributed by atoms with Crippen LogP contribution in [0.25, 0.3) is 11.3 Å². The van der Waals surface area contributed by atoms with Gasteiger partial charge in [0.2, 0.25) is 0 Å². The Kier molecular flexibility index (Phi) is 6.54. The van der Waals surface area contributed by atoms with E-state index in [4.69, 9.17) is 11.2 Å². The van der Waals surface area contributed by atoms with Crippen LogP contribution in [0, 0.1) is 12.3 Å². The lowest BCUT2D eigenvalue weighted by Crippen LogP contribution is -2.38. The monoisotopic (exact) mass is 453 g/mol. The summed E-state index contributed by atoms with van der Waals surface area (Å²) in [7, 11) is 0. The van der Waals surface area contributed by atoms with Crippen molar-refractivity contribution in [2.45, 2.75) is 18.8 Å². The Labute approximate surface area is 187 Å². The average Bonchev–Trinajstić information content (AvgIpc) is 3.51. The number of benzene rings is 1. The number of carbonyl (C=O) groups excluding carboxylic acids is 2. The molecular weight excluding hydrogens is 434 g/mol. The van der Waals surface area contributed by atoms with Gasteiger partial charge in [0.1, 0.15) is 11.4 Å². The van der Waals surface area contributed by atoms with Crippen molar-refractivity contribution in [1.82, 2.24) is 19.5 Å². The van der Waals surface area contributed by atoms with Gasteiger partial charge in [-0.05, 0) is 36.5 Å². The maximum absolute atomic E-state index is 12.6. The Morgan fingerprint density at radius 3 is 2.68 bits per heavy atom. The fourth-order valence-electron chi connectivity index (χ4n) is 3.29. The average molecular weight is 454 g/mol. The number of hydrogen-bond acceptors (Lipinski definition) is 8. The van der Waals surface area contributed by atoms with Gasteiger partial charge in [0, 0.05) is 41.0 Å². The van der Waals surface area contributed by atoms with Gasteiger partial charge in [-0.15, -0.1) is 22.9 Å². The maximum atomic E-state index is 12.6. The second kappa shape index (κ2) is 9.68. The molecule has 10 heteroatoms. The largest absolute Gasteiger partial charge is 0.436 e. The van der Waals surface area contributed by atoms with Gasteiger partial charge in [0.05, 0.1) is 5.01 Å². The first-order valence-electron chi connectivity index (χ1n) is 9.63. The van der Waals surface area contributed by atoms with E-state index in [1.54, 1.807) is 10.3 Å². The third kappa shape index (κ3) is 5.07. The number of hydrogen-bond donors (Lipinski definition) is 1. The fraction of sp³-hybridized carbons (Fsp3) is 0.286. The van der Waals surface area contributed by atoms with Crippen molar-refractivity contribution in [3.8, 4) is 23.6 Å². The Morgan fingerprint density at radius 1 is 1.23 bits per heavy atom. The Hall–Kier alpha value is -3.29. The zero-order valence-corrected chi connectivity index (χ0v) is 18.1. The van der Waals surface area contributed by atoms with Crippen LogP contribution in [0.4, 0.5) is 10.5 Å². The molecule has 31 heavy (non-hydrogen) atoms. The Morgan fingerprint density at radius 2 is 2.00 bits per heavy atom. The molecule has 1 saturated heterocycles. The van der Waals surface area contributed by atoms with Gasteiger partial charge in [-0.2, -0.15) is 0 Å². The first-order valence-corrected chi connectivity index (χ1v) is 11.3. The van der Waals surface area contributed by atoms with Crippen LogP contribution in [0.15, 0.2) is 35.0 Å². The lowest BCUT2D eigenvalue weighted by molar-refractivity contribution is 0.102. The molecule has 2 aromatic heterocycles. The molecule has 158 valence electrons. The number of nitrogens with zero attached hydrogens (tertiary/aromatic N) is 4. The minimum absolute atomic E-state index is 0.0193. The van der Waals surface area contributed by atoms with Crippen LogP contribution in [0.2, 0.25) is 0 Å². The normalized spacial score (nSPS) is 14.1. The highest BCUT2D eigenvalue weighted by Gasteiger charge is 2.27. The summed E-state index contributed by atoms with van der Waals surface area (Å²) in [6.45, 7) is 1.14. The van der Waals surface area contributed by atoms with Gasteiger partial charge < -0.3 is 15.0 Å². The number of terminal acetylenes is 1. The predicted molar refractivity (Wildman–Crippen MR) is 119 cm³/mol. The summed E-state index contributed by atoms with van der Waals surface area (Å²) >= 11 is 2.77. The number of likely N-dealkylation sites (tertiary alicyclic amines) is 1. The van der Waals surface area contributed by atoms with Crippen molar-refractivity contribution < 1.29 is 14.3 Å². The standard InChI is InChI=1S/C21H19N5O3S2/c1-2-11-29-21(28)26-9-7-15(8-10-26)20-23-18(12-30-20)19(27)22-16-5-3-14(4-6-16)17-13-31-25-24-17/h1,3-6,12-13,15H,7-11H2,(H,22,27). The molecule has 0 atom stereocenters. The summed E-state index contributed by atoms with van der Waals surface area (Å²) in [5, 5.41) is 11.5. The highest BCUT2D eigenvalue weighted by molar-refractivity contribution is 7.10. The van der Waals surface area contributed by atoms with Gasteiger partial charge in [0.25, 0.3) is 5.91 Å². The summed E-state index contributed by atoms with van der Waals surface area (Å²) in [5.74, 6) is 2.26. The maximum Gasteiger partial charge on any atom is 0.410 e. The van der Waals surface area contributed by atoms with Crippen LogP contribution in [-0.2, 0) is 4.74 Å². The van der Waals surface area contributed by atoms with Gasteiger partial charge >= 0.3 is 6.09 Å². The molecule has 1 fully saturated rings. The van der Waals surface area contributed by atoms with Crippen LogP contribution < -0.4 is 5.32 Å². The number of carbonyl (C=O) groups is 2. The molecule has 1 aromatic carbocycles. The molecule has 0 bridgehead atoms. The van der Waals surface area contributed by atoms with Crippen LogP contribution in [-0.4, -0.2) is 51.2 Å². The van der Waals surface area contributed by atoms with Crippen LogP contribution in [0.1, 0.15) is 34.3 Å². The number of piperidine rings is 1. The smallest absolute Gasteiger partial charge is 0.410 e. The zero-order chi connectivity index (χ0) is 21.6. The molecule has 0 radical (unpaired) electrons. The first kappa shape index (κ1) is 21.0. The second-order valence-corrected chi connectivity index (χ2v) is 8.41. The molecular formula is C21H19N5O3S2. The lowest BCUT2D eigenvalue weighted by Gasteiger charge is -2.30. The van der Waals surface area contributed by atoms with Crippen molar-refractivity contribution in [3.63, 3.8) is 0 Å². The third-order valence-corrected chi connectivity index (χ3v) is 6.45. The summed E-state index contributed by atoms with van der Waals surface area (Å²) < 4.78 is 8.83. The predicted octanol–water partition coefficient (Wildman–Crippen LogP) is 3.86. The van der Waals surface area contributed by atoms with Gasteiger partial charge in [-0.3, -0.25) is 4.79 Å². The minimum Gasteiger partial charge on any atom is -0.436 e. The molecule has 1 N–H and O–H groups in total. The summed E-state index contributed by atoms with van der Waals surface area (Å²) in [6.07, 6.45) is 6.28. The van der Waals surface area contributed by atoms with E-state index in [1.165, 1.54) is 22.9 Å². The molecule has 0 aliphatic carbocycles. The molecule has 1 aliphatic rings. The van der Waals surface area contributed by atoms with Crippen molar-refractivity contribution in [3.05, 3.63) is 45.7 Å². The summed E-state index contributed by atoms with van der Waals surface area (Å²) in [5.41, 5.74) is 2.83. The Balaban J connectivity index is 1.32. The van der Waals surface area contributed by atoms with E-state index in [0.29, 0.717) is 24.5 Å². The van der Waals surface area contributed by atoms with E-state index < -0.39 is 0 Å². The number of amides is 2. The topological polar surface area (TPSA) is 97.3 Å². The number of nitrogens with one attached hydrogen (secondary N) is 1. The number of thiazole rings is 1. The molecule has 8 nitrogen and oxygen atoms in total. The first-order chi connectivity index (χ1) is 15.1. The number of anilines is 1. The SMILES string of the molecule is C#CCOC(=O)N1CCC(c2nc(C(=O)Nc3ccc(-c4csnn4)cc3)cs2)CC1. The van der Waals surface area contributed by atoms with E-state index in [2.05, 4.69) is 25.8 Å². The molecule has 4 rings (SSSR count). The van der Waals surface area contributed by atoms with Crippen molar-refractivity contribution in [2.24, 2.45) is 0 Å². The fourth-order valence-corrected chi connectivity index (χ4v) is 4.73. The van der Waals surface area contributed by atoms with Crippen molar-refractivity contribution in [1.29, 1.82) is 0 Å². The zero-order valence-electron chi connectivity index (χ0n) is 16.5. The molecule has 1 aliphatic heterocycles. The molecule has 3 aromatic rings. The van der Waals surface area contributed by atoms with Gasteiger partial charge in [0.15, 0.2) is 6.61 Å². The van der Waals surface area contributed by atoms with E-state index in [-0.39, 0.29) is 24.5 Å². The summed E-state index contributed by atoms with van der Waals surface area (Å²) in [4.78, 5) is 30.7. The second-order valence-electron chi connectivity index (χ2n) is 6.91.